The Balaban J connectivity index is 2.03. The maximum absolute atomic E-state index is 11.6. The molecule has 0 radical (unpaired) electrons. The summed E-state index contributed by atoms with van der Waals surface area (Å²) < 4.78 is 7.22. The molecule has 2 aromatic heterocycles. The minimum absolute atomic E-state index is 0.00531. The molecule has 6 heteroatoms. The quantitative estimate of drug-likeness (QED) is 0.716. The second-order valence-electron chi connectivity index (χ2n) is 4.06. The number of aryl methyl sites for hydroxylation is 1. The van der Waals surface area contributed by atoms with E-state index in [-0.39, 0.29) is 4.87 Å². The molecule has 0 unspecified atom stereocenters. The lowest BCUT2D eigenvalue weighted by Crippen LogP contribution is -2.15. The number of benzene rings is 1. The molecule has 92 valence electrons. The Morgan fingerprint density at radius 1 is 1.50 bits per heavy atom. The molecule has 0 aliphatic rings. The predicted octanol–water partition coefficient (Wildman–Crippen LogP) is 1.99. The Bertz CT molecular complexity index is 769. The molecule has 0 saturated carbocycles. The van der Waals surface area contributed by atoms with Gasteiger partial charge in [-0.15, -0.1) is 0 Å². The van der Waals surface area contributed by atoms with Crippen LogP contribution in [0.25, 0.3) is 11.1 Å². The molecule has 1 aromatic carbocycles. The normalized spacial score (nSPS) is 11.2. The van der Waals surface area contributed by atoms with Crippen LogP contribution in [0.4, 0.5) is 5.69 Å². The number of nitrogens with two attached hydrogens (primary N) is 1. The van der Waals surface area contributed by atoms with E-state index in [4.69, 9.17) is 10.2 Å². The van der Waals surface area contributed by atoms with Crippen molar-refractivity contribution in [3.05, 3.63) is 44.8 Å². The number of nitrogen functional groups attached to an aromatic ring is 1. The molecule has 2 heterocycles. The van der Waals surface area contributed by atoms with E-state index >= 15 is 0 Å². The van der Waals surface area contributed by atoms with E-state index in [0.717, 1.165) is 11.2 Å². The van der Waals surface area contributed by atoms with Gasteiger partial charge in [0, 0.05) is 22.8 Å². The van der Waals surface area contributed by atoms with Gasteiger partial charge < -0.3 is 10.2 Å². The maximum atomic E-state index is 11.6. The summed E-state index contributed by atoms with van der Waals surface area (Å²) in [6, 6.07) is 5.31. The lowest BCUT2D eigenvalue weighted by Gasteiger charge is -1.98. The second kappa shape index (κ2) is 3.99. The summed E-state index contributed by atoms with van der Waals surface area (Å²) >= 11 is 1.18. The van der Waals surface area contributed by atoms with Gasteiger partial charge >= 0.3 is 4.87 Å². The van der Waals surface area contributed by atoms with Gasteiger partial charge in [-0.2, -0.15) is 0 Å². The third-order valence-corrected chi connectivity index (χ3v) is 3.61. The highest BCUT2D eigenvalue weighted by Crippen LogP contribution is 2.19. The molecular weight excluding hydrogens is 250 g/mol. The summed E-state index contributed by atoms with van der Waals surface area (Å²) in [4.78, 5) is 15.9. The third-order valence-electron chi connectivity index (χ3n) is 2.73. The van der Waals surface area contributed by atoms with Crippen molar-refractivity contribution in [2.24, 2.45) is 0 Å². The second-order valence-corrected chi connectivity index (χ2v) is 4.88. The topological polar surface area (TPSA) is 74.0 Å². The lowest BCUT2D eigenvalue weighted by molar-refractivity contribution is 0.503. The molecule has 0 amide bonds. The van der Waals surface area contributed by atoms with Crippen LogP contribution in [0.15, 0.2) is 32.8 Å². The smallest absolute Gasteiger partial charge is 0.307 e. The van der Waals surface area contributed by atoms with Crippen LogP contribution in [-0.2, 0) is 6.54 Å². The van der Waals surface area contributed by atoms with E-state index in [2.05, 4.69) is 4.98 Å². The Labute approximate surface area is 106 Å². The zero-order valence-electron chi connectivity index (χ0n) is 9.71. The molecule has 3 aromatic rings. The molecule has 0 saturated heterocycles. The largest absolute Gasteiger partial charge is 0.439 e. The van der Waals surface area contributed by atoms with E-state index in [1.165, 1.54) is 11.3 Å². The van der Waals surface area contributed by atoms with Gasteiger partial charge in [0.1, 0.15) is 12.1 Å². The van der Waals surface area contributed by atoms with E-state index in [1.54, 1.807) is 22.8 Å². The molecule has 0 atom stereocenters. The van der Waals surface area contributed by atoms with E-state index in [9.17, 15) is 4.79 Å². The number of nitrogens with zero attached hydrogens (tertiary/aromatic N) is 2. The number of fused-ring (bicyclic) bond motifs is 1. The standard InChI is InChI=1S/C12H11N3O2S/c1-7-6-18-12(16)15(7)5-11-14-9-3-2-8(13)4-10(9)17-11/h2-4,6H,5,13H2,1H3. The first kappa shape index (κ1) is 11.0. The van der Waals surface area contributed by atoms with Gasteiger partial charge in [0.2, 0.25) is 5.89 Å². The number of hydrogen-bond donors (Lipinski definition) is 1. The highest BCUT2D eigenvalue weighted by atomic mass is 32.1. The third kappa shape index (κ3) is 1.80. The minimum atomic E-state index is -0.00531. The molecule has 0 fully saturated rings. The Morgan fingerprint density at radius 3 is 3.06 bits per heavy atom. The number of thiazole rings is 1. The summed E-state index contributed by atoms with van der Waals surface area (Å²) in [5.74, 6) is 0.513. The molecule has 3 rings (SSSR count). The Hall–Kier alpha value is -2.08. The van der Waals surface area contributed by atoms with Crippen LogP contribution in [0.3, 0.4) is 0 Å². The molecule has 2 N–H and O–H groups in total. The Kier molecular flexibility index (Phi) is 2.45. The number of anilines is 1. The average molecular weight is 261 g/mol. The fraction of sp³-hybridized carbons (Fsp3) is 0.167. The summed E-state index contributed by atoms with van der Waals surface area (Å²) in [6.07, 6.45) is 0. The van der Waals surface area contributed by atoms with Crippen LogP contribution < -0.4 is 10.6 Å². The van der Waals surface area contributed by atoms with Crippen LogP contribution in [0.5, 0.6) is 0 Å². The number of rotatable bonds is 2. The van der Waals surface area contributed by atoms with Crippen LogP contribution in [0.2, 0.25) is 0 Å². The van der Waals surface area contributed by atoms with Crippen LogP contribution in [0, 0.1) is 6.92 Å². The summed E-state index contributed by atoms with van der Waals surface area (Å²) in [7, 11) is 0. The van der Waals surface area contributed by atoms with Crippen molar-refractivity contribution in [1.29, 1.82) is 0 Å². The molecule has 18 heavy (non-hydrogen) atoms. The van der Waals surface area contributed by atoms with Gasteiger partial charge in [-0.25, -0.2) is 4.98 Å². The minimum Gasteiger partial charge on any atom is -0.439 e. The molecule has 0 aliphatic carbocycles. The molecule has 0 aliphatic heterocycles. The molecule has 0 bridgehead atoms. The highest BCUT2D eigenvalue weighted by molar-refractivity contribution is 7.07. The molecule has 5 nitrogen and oxygen atoms in total. The van der Waals surface area contributed by atoms with Crippen molar-refractivity contribution in [3.8, 4) is 0 Å². The van der Waals surface area contributed by atoms with Gasteiger partial charge in [0.05, 0.1) is 0 Å². The molecular formula is C12H11N3O2S. The van der Waals surface area contributed by atoms with E-state index in [0.29, 0.717) is 23.7 Å². The maximum Gasteiger partial charge on any atom is 0.307 e. The van der Waals surface area contributed by atoms with Crippen LogP contribution in [0.1, 0.15) is 11.6 Å². The van der Waals surface area contributed by atoms with Crippen molar-refractivity contribution in [3.63, 3.8) is 0 Å². The van der Waals surface area contributed by atoms with Crippen molar-refractivity contribution in [1.82, 2.24) is 9.55 Å². The SMILES string of the molecule is Cc1csc(=O)n1Cc1nc2ccc(N)cc2o1. The van der Waals surface area contributed by atoms with Crippen LogP contribution >= 0.6 is 11.3 Å². The first-order valence-electron chi connectivity index (χ1n) is 5.43. The van der Waals surface area contributed by atoms with E-state index in [1.807, 2.05) is 12.3 Å². The van der Waals surface area contributed by atoms with Crippen molar-refractivity contribution in [2.75, 3.05) is 5.73 Å². The van der Waals surface area contributed by atoms with Gasteiger partial charge in [-0.3, -0.25) is 9.36 Å². The van der Waals surface area contributed by atoms with Crippen LogP contribution in [-0.4, -0.2) is 9.55 Å². The van der Waals surface area contributed by atoms with Gasteiger partial charge in [-0.05, 0) is 19.1 Å². The molecule has 0 spiro atoms. The van der Waals surface area contributed by atoms with Crippen molar-refractivity contribution < 1.29 is 4.42 Å². The monoisotopic (exact) mass is 261 g/mol. The number of aromatic nitrogens is 2. The van der Waals surface area contributed by atoms with Gasteiger partial charge in [0.25, 0.3) is 0 Å². The van der Waals surface area contributed by atoms with E-state index < -0.39 is 0 Å². The highest BCUT2D eigenvalue weighted by Gasteiger charge is 2.09. The van der Waals surface area contributed by atoms with Crippen molar-refractivity contribution in [2.45, 2.75) is 13.5 Å². The van der Waals surface area contributed by atoms with Gasteiger partial charge in [-0.1, -0.05) is 11.3 Å². The first-order valence-corrected chi connectivity index (χ1v) is 6.31. The predicted molar refractivity (Wildman–Crippen MR) is 70.8 cm³/mol. The lowest BCUT2D eigenvalue weighted by atomic mass is 10.3. The summed E-state index contributed by atoms with van der Waals surface area (Å²) in [6.45, 7) is 2.24. The zero-order chi connectivity index (χ0) is 12.7. The fourth-order valence-electron chi connectivity index (χ4n) is 1.79. The first-order chi connectivity index (χ1) is 8.63. The Morgan fingerprint density at radius 2 is 2.33 bits per heavy atom. The van der Waals surface area contributed by atoms with Gasteiger partial charge in [0.15, 0.2) is 5.58 Å². The summed E-state index contributed by atoms with van der Waals surface area (Å²) in [5, 5.41) is 1.82. The number of hydrogen-bond acceptors (Lipinski definition) is 5. The summed E-state index contributed by atoms with van der Waals surface area (Å²) in [5.41, 5.74) is 8.61. The zero-order valence-corrected chi connectivity index (χ0v) is 10.5. The number of oxazole rings is 1. The fourth-order valence-corrected chi connectivity index (χ4v) is 2.52. The van der Waals surface area contributed by atoms with Crippen molar-refractivity contribution >= 4 is 28.1 Å². The average Bonchev–Trinajstić information content (AvgIpc) is 2.86.